The predicted molar refractivity (Wildman–Crippen MR) is 63.5 cm³/mol. The van der Waals surface area contributed by atoms with Crippen LogP contribution in [0.5, 0.6) is 0 Å². The summed E-state index contributed by atoms with van der Waals surface area (Å²) >= 11 is 0. The SMILES string of the molecule is CCC(C)[C@H](N)C(=O)N(CC(N)=O)C(C)C. The predicted octanol–water partition coefficient (Wildman–Crippen LogP) is 0.0821. The second-order valence-corrected chi connectivity index (χ2v) is 4.44. The summed E-state index contributed by atoms with van der Waals surface area (Å²) in [6.45, 7) is 7.51. The minimum atomic E-state index is -0.563. The molecule has 5 nitrogen and oxygen atoms in total. The number of hydrogen-bond donors (Lipinski definition) is 2. The van der Waals surface area contributed by atoms with Crippen LogP contribution in [0.4, 0.5) is 0 Å². The Balaban J connectivity index is 4.67. The maximum absolute atomic E-state index is 12.0. The van der Waals surface area contributed by atoms with Crippen LogP contribution >= 0.6 is 0 Å². The van der Waals surface area contributed by atoms with Gasteiger partial charge in [-0.1, -0.05) is 20.3 Å². The quantitative estimate of drug-likeness (QED) is 0.676. The lowest BCUT2D eigenvalue weighted by molar-refractivity contribution is -0.139. The van der Waals surface area contributed by atoms with Crippen molar-refractivity contribution in [3.05, 3.63) is 0 Å². The maximum atomic E-state index is 12.0. The van der Waals surface area contributed by atoms with Crippen LogP contribution in [-0.2, 0) is 9.59 Å². The molecule has 2 atom stereocenters. The summed E-state index contributed by atoms with van der Waals surface area (Å²) < 4.78 is 0. The third-order valence-electron chi connectivity index (χ3n) is 2.77. The maximum Gasteiger partial charge on any atom is 0.240 e. The van der Waals surface area contributed by atoms with Crippen molar-refractivity contribution in [2.24, 2.45) is 17.4 Å². The molecule has 0 aliphatic carbocycles. The zero-order valence-corrected chi connectivity index (χ0v) is 10.6. The van der Waals surface area contributed by atoms with Gasteiger partial charge in [-0.2, -0.15) is 0 Å². The molecule has 0 fully saturated rings. The van der Waals surface area contributed by atoms with E-state index in [-0.39, 0.29) is 24.4 Å². The highest BCUT2D eigenvalue weighted by Gasteiger charge is 2.27. The molecule has 4 N–H and O–H groups in total. The molecule has 16 heavy (non-hydrogen) atoms. The van der Waals surface area contributed by atoms with E-state index in [9.17, 15) is 9.59 Å². The van der Waals surface area contributed by atoms with Gasteiger partial charge in [0.1, 0.15) is 0 Å². The van der Waals surface area contributed by atoms with E-state index in [1.807, 2.05) is 27.7 Å². The molecule has 0 spiro atoms. The summed E-state index contributed by atoms with van der Waals surface area (Å²) in [5.74, 6) is -0.622. The highest BCUT2D eigenvalue weighted by Crippen LogP contribution is 2.10. The molecule has 0 radical (unpaired) electrons. The van der Waals surface area contributed by atoms with Crippen molar-refractivity contribution in [2.45, 2.75) is 46.2 Å². The van der Waals surface area contributed by atoms with E-state index in [4.69, 9.17) is 11.5 Å². The first kappa shape index (κ1) is 14.9. The number of carbonyl (C=O) groups is 2. The van der Waals surface area contributed by atoms with E-state index in [1.165, 1.54) is 4.90 Å². The smallest absolute Gasteiger partial charge is 0.240 e. The molecule has 0 aliphatic heterocycles. The molecule has 94 valence electrons. The lowest BCUT2D eigenvalue weighted by Gasteiger charge is -2.30. The van der Waals surface area contributed by atoms with Gasteiger partial charge in [0, 0.05) is 6.04 Å². The van der Waals surface area contributed by atoms with Crippen LogP contribution in [0.3, 0.4) is 0 Å². The van der Waals surface area contributed by atoms with Gasteiger partial charge in [0.25, 0.3) is 0 Å². The average molecular weight is 229 g/mol. The van der Waals surface area contributed by atoms with Gasteiger partial charge in [0.05, 0.1) is 12.6 Å². The highest BCUT2D eigenvalue weighted by molar-refractivity contribution is 5.87. The molecule has 0 aromatic rings. The third-order valence-corrected chi connectivity index (χ3v) is 2.77. The van der Waals surface area contributed by atoms with Crippen molar-refractivity contribution in [1.82, 2.24) is 4.90 Å². The molecule has 0 saturated heterocycles. The fraction of sp³-hybridized carbons (Fsp3) is 0.818. The Morgan fingerprint density at radius 2 is 1.75 bits per heavy atom. The Kier molecular flexibility index (Phi) is 6.03. The molecule has 2 amide bonds. The first-order valence-corrected chi connectivity index (χ1v) is 5.65. The average Bonchev–Trinajstić information content (AvgIpc) is 2.22. The number of nitrogens with two attached hydrogens (primary N) is 2. The number of nitrogens with zero attached hydrogens (tertiary/aromatic N) is 1. The van der Waals surface area contributed by atoms with Crippen molar-refractivity contribution in [3.63, 3.8) is 0 Å². The summed E-state index contributed by atoms with van der Waals surface area (Å²) in [5.41, 5.74) is 10.9. The number of hydrogen-bond acceptors (Lipinski definition) is 3. The van der Waals surface area contributed by atoms with Crippen LogP contribution in [0.15, 0.2) is 0 Å². The minimum Gasteiger partial charge on any atom is -0.368 e. The zero-order valence-electron chi connectivity index (χ0n) is 10.6. The van der Waals surface area contributed by atoms with Gasteiger partial charge >= 0.3 is 0 Å². The Hall–Kier alpha value is -1.10. The summed E-state index contributed by atoms with van der Waals surface area (Å²) in [7, 11) is 0. The summed E-state index contributed by atoms with van der Waals surface area (Å²) in [6, 6.07) is -0.637. The van der Waals surface area contributed by atoms with E-state index in [0.29, 0.717) is 0 Å². The molecule has 1 unspecified atom stereocenters. The summed E-state index contributed by atoms with van der Waals surface area (Å²) in [6.07, 6.45) is 0.829. The van der Waals surface area contributed by atoms with E-state index in [0.717, 1.165) is 6.42 Å². The normalized spacial score (nSPS) is 14.6. The highest BCUT2D eigenvalue weighted by atomic mass is 16.2. The van der Waals surface area contributed by atoms with Crippen LogP contribution in [-0.4, -0.2) is 35.3 Å². The van der Waals surface area contributed by atoms with Gasteiger partial charge in [-0.3, -0.25) is 9.59 Å². The molecule has 0 rings (SSSR count). The first-order valence-electron chi connectivity index (χ1n) is 5.65. The molecule has 0 aromatic carbocycles. The minimum absolute atomic E-state index is 0.0688. The second-order valence-electron chi connectivity index (χ2n) is 4.44. The Labute approximate surface area is 97.2 Å². The Bertz CT molecular complexity index is 254. The van der Waals surface area contributed by atoms with Crippen molar-refractivity contribution in [1.29, 1.82) is 0 Å². The summed E-state index contributed by atoms with van der Waals surface area (Å²) in [4.78, 5) is 24.3. The van der Waals surface area contributed by atoms with Gasteiger partial charge in [-0.05, 0) is 19.8 Å². The molecule has 0 aromatic heterocycles. The molecular weight excluding hydrogens is 206 g/mol. The molecule has 0 aliphatic rings. The molecule has 0 bridgehead atoms. The van der Waals surface area contributed by atoms with Crippen LogP contribution in [0.2, 0.25) is 0 Å². The number of amides is 2. The van der Waals surface area contributed by atoms with E-state index < -0.39 is 11.9 Å². The first-order chi connectivity index (χ1) is 7.31. The topological polar surface area (TPSA) is 89.4 Å². The Morgan fingerprint density at radius 1 is 1.25 bits per heavy atom. The fourth-order valence-electron chi connectivity index (χ4n) is 1.37. The lowest BCUT2D eigenvalue weighted by Crippen LogP contribution is -2.52. The molecule has 0 heterocycles. The summed E-state index contributed by atoms with van der Waals surface area (Å²) in [5, 5.41) is 0. The molecular formula is C11H23N3O2. The van der Waals surface area contributed by atoms with Crippen LogP contribution in [0.1, 0.15) is 34.1 Å². The third kappa shape index (κ3) is 4.18. The van der Waals surface area contributed by atoms with Gasteiger partial charge in [0.2, 0.25) is 11.8 Å². The monoisotopic (exact) mass is 229 g/mol. The van der Waals surface area contributed by atoms with E-state index in [1.54, 1.807) is 0 Å². The van der Waals surface area contributed by atoms with Crippen molar-refractivity contribution >= 4 is 11.8 Å². The number of rotatable bonds is 6. The van der Waals surface area contributed by atoms with E-state index in [2.05, 4.69) is 0 Å². The van der Waals surface area contributed by atoms with E-state index >= 15 is 0 Å². The molecule has 0 saturated carbocycles. The standard InChI is InChI=1S/C11H23N3O2/c1-5-8(4)10(13)11(16)14(7(2)3)6-9(12)15/h7-8,10H,5-6,13H2,1-4H3,(H2,12,15)/t8?,10-/m0/s1. The number of carbonyl (C=O) groups excluding carboxylic acids is 2. The fourth-order valence-corrected chi connectivity index (χ4v) is 1.37. The van der Waals surface area contributed by atoms with Crippen molar-refractivity contribution < 1.29 is 9.59 Å². The van der Waals surface area contributed by atoms with Crippen LogP contribution in [0, 0.1) is 5.92 Å². The van der Waals surface area contributed by atoms with Gasteiger partial charge in [-0.25, -0.2) is 0 Å². The van der Waals surface area contributed by atoms with Gasteiger partial charge in [-0.15, -0.1) is 0 Å². The molecule has 5 heteroatoms. The van der Waals surface area contributed by atoms with Gasteiger partial charge in [0.15, 0.2) is 0 Å². The Morgan fingerprint density at radius 3 is 2.06 bits per heavy atom. The van der Waals surface area contributed by atoms with Crippen LogP contribution < -0.4 is 11.5 Å². The van der Waals surface area contributed by atoms with Crippen molar-refractivity contribution in [3.8, 4) is 0 Å². The van der Waals surface area contributed by atoms with Gasteiger partial charge < -0.3 is 16.4 Å². The second kappa shape index (κ2) is 6.48. The lowest BCUT2D eigenvalue weighted by atomic mass is 9.98. The largest absolute Gasteiger partial charge is 0.368 e. The zero-order chi connectivity index (χ0) is 12.9. The van der Waals surface area contributed by atoms with Crippen LogP contribution in [0.25, 0.3) is 0 Å². The van der Waals surface area contributed by atoms with Crippen molar-refractivity contribution in [2.75, 3.05) is 6.54 Å². The number of primary amides is 1.